The van der Waals surface area contributed by atoms with E-state index in [1.807, 2.05) is 0 Å². The van der Waals surface area contributed by atoms with Gasteiger partial charge in [0.15, 0.2) is 8.32 Å². The number of esters is 1. The summed E-state index contributed by atoms with van der Waals surface area (Å²) in [6.07, 6.45) is -9.68. The Hall–Kier alpha value is -4.49. The van der Waals surface area contributed by atoms with Crippen LogP contribution in [0.4, 0.5) is 85.1 Å². The van der Waals surface area contributed by atoms with Gasteiger partial charge >= 0.3 is 59.7 Å². The minimum atomic E-state index is -8.70. The lowest BCUT2D eigenvalue weighted by atomic mass is 9.88. The minimum absolute atomic E-state index is 0.135. The molecule has 8 nitrogen and oxygen atoms in total. The molecule has 2 atom stereocenters. The standard InChI is InChI=1S/C43H52F17NO7Si/c1-9-65-34(62)28(7)12-10-11-27(6)33(68-35(63)61-30-15-19-31(64-8)20-16-30)29-13-17-32(18-14-29)66-22-23-67-69(25(2)3,26(4)5)24-21-36(44,45)37(46,47)38(48,49)39(50,51)40(52,53)41(54,55)42(56,57)43(58,59)60/h12-20,25-27,33H,9-11,21-24H2,1-8H3,(H,61,63)/b28-12+/t27-,33+/m0/s1. The van der Waals surface area contributed by atoms with E-state index in [4.69, 9.17) is 23.4 Å². The predicted octanol–water partition coefficient (Wildman–Crippen LogP) is 14.5. The number of rotatable bonds is 26. The molecule has 0 saturated carbocycles. The Kier molecular flexibility index (Phi) is 20.0. The molecule has 0 saturated heterocycles. The topological polar surface area (TPSA) is 92.3 Å². The monoisotopic (exact) mass is 1050 g/mol. The zero-order chi connectivity index (χ0) is 53.4. The number of carbonyl (C=O) groups is 2. The zero-order valence-electron chi connectivity index (χ0n) is 38.2. The van der Waals surface area contributed by atoms with Gasteiger partial charge in [0.1, 0.15) is 24.2 Å². The van der Waals surface area contributed by atoms with Gasteiger partial charge in [-0.2, -0.15) is 74.6 Å². The van der Waals surface area contributed by atoms with Crippen LogP contribution in [0.15, 0.2) is 60.2 Å². The first-order valence-electron chi connectivity index (χ1n) is 20.9. The molecule has 0 aliphatic rings. The molecule has 69 heavy (non-hydrogen) atoms. The summed E-state index contributed by atoms with van der Waals surface area (Å²) in [6.45, 7) is 9.53. The van der Waals surface area contributed by atoms with Crippen molar-refractivity contribution in [3.8, 4) is 11.5 Å². The van der Waals surface area contributed by atoms with Gasteiger partial charge in [0.25, 0.3) is 0 Å². The zero-order valence-corrected chi connectivity index (χ0v) is 39.2. The Morgan fingerprint density at radius 1 is 0.667 bits per heavy atom. The third kappa shape index (κ3) is 12.9. The van der Waals surface area contributed by atoms with Crippen LogP contribution in [0, 0.1) is 5.92 Å². The van der Waals surface area contributed by atoms with Crippen LogP contribution < -0.4 is 14.8 Å². The number of halogens is 17. The second kappa shape index (κ2) is 22.7. The number of allylic oxidation sites excluding steroid dienone is 1. The van der Waals surface area contributed by atoms with Crippen molar-refractivity contribution in [3.05, 3.63) is 65.7 Å². The Morgan fingerprint density at radius 3 is 1.61 bits per heavy atom. The van der Waals surface area contributed by atoms with E-state index in [-0.39, 0.29) is 18.3 Å². The quantitative estimate of drug-likeness (QED) is 0.0330. The van der Waals surface area contributed by atoms with E-state index in [2.05, 4.69) is 5.32 Å². The highest BCUT2D eigenvalue weighted by atomic mass is 28.4. The van der Waals surface area contributed by atoms with Gasteiger partial charge in [0.2, 0.25) is 0 Å². The van der Waals surface area contributed by atoms with Gasteiger partial charge in [-0.3, -0.25) is 5.32 Å². The van der Waals surface area contributed by atoms with Crippen LogP contribution in [-0.4, -0.2) is 94.9 Å². The number of methoxy groups -OCH3 is 1. The van der Waals surface area contributed by atoms with Crippen LogP contribution in [-0.2, 0) is 18.7 Å². The summed E-state index contributed by atoms with van der Waals surface area (Å²) >= 11 is 0. The highest BCUT2D eigenvalue weighted by Crippen LogP contribution is 2.64. The van der Waals surface area contributed by atoms with Crippen molar-refractivity contribution in [1.82, 2.24) is 0 Å². The number of carbonyl (C=O) groups excluding carboxylic acids is 2. The molecule has 2 aromatic rings. The van der Waals surface area contributed by atoms with Crippen molar-refractivity contribution >= 4 is 26.1 Å². The predicted molar refractivity (Wildman–Crippen MR) is 219 cm³/mol. The SMILES string of the molecule is CCOC(=O)/C(C)=C/CC[C@H](C)[C@@H](OC(=O)Nc1ccc(OC)cc1)c1ccc(OCCO[Si](CCC(F)(F)C(F)(F)C(F)(F)C(F)(F)C(F)(F)C(F)(F)C(F)(F)C(F)(F)F)(C(C)C)C(C)C)cc1. The molecule has 0 aromatic heterocycles. The number of nitrogens with one attached hydrogen (secondary N) is 1. The van der Waals surface area contributed by atoms with Gasteiger partial charge in [-0.25, -0.2) is 9.59 Å². The lowest BCUT2D eigenvalue weighted by Gasteiger charge is -2.44. The lowest BCUT2D eigenvalue weighted by Crippen LogP contribution is -2.74. The van der Waals surface area contributed by atoms with Crippen LogP contribution in [0.1, 0.15) is 79.4 Å². The fourth-order valence-corrected chi connectivity index (χ4v) is 11.5. The van der Waals surface area contributed by atoms with E-state index in [1.165, 1.54) is 59.1 Å². The van der Waals surface area contributed by atoms with Crippen LogP contribution in [0.5, 0.6) is 11.5 Å². The molecule has 0 aliphatic carbocycles. The molecule has 2 rings (SSSR count). The maximum absolute atomic E-state index is 15.0. The Morgan fingerprint density at radius 2 is 1.14 bits per heavy atom. The fourth-order valence-electron chi connectivity index (χ4n) is 6.99. The van der Waals surface area contributed by atoms with E-state index < -0.39 is 111 Å². The summed E-state index contributed by atoms with van der Waals surface area (Å²) in [6, 6.07) is 10.9. The second-order valence-electron chi connectivity index (χ2n) is 16.5. The van der Waals surface area contributed by atoms with Gasteiger partial charge in [-0.15, -0.1) is 0 Å². The molecule has 0 spiro atoms. The van der Waals surface area contributed by atoms with Crippen molar-refractivity contribution in [1.29, 1.82) is 0 Å². The van der Waals surface area contributed by atoms with Crippen LogP contribution >= 0.6 is 0 Å². The van der Waals surface area contributed by atoms with E-state index in [1.54, 1.807) is 51.1 Å². The minimum Gasteiger partial charge on any atom is -0.497 e. The highest BCUT2D eigenvalue weighted by Gasteiger charge is 2.95. The van der Waals surface area contributed by atoms with E-state index >= 15 is 8.78 Å². The molecule has 394 valence electrons. The first-order chi connectivity index (χ1) is 31.4. The maximum Gasteiger partial charge on any atom is 0.460 e. The van der Waals surface area contributed by atoms with Crippen molar-refractivity contribution in [2.75, 3.05) is 32.2 Å². The Bertz CT molecular complexity index is 2010. The van der Waals surface area contributed by atoms with Gasteiger partial charge in [-0.1, -0.05) is 52.8 Å². The molecule has 0 aliphatic heterocycles. The molecular weight excluding hydrogens is 994 g/mol. The smallest absolute Gasteiger partial charge is 0.460 e. The van der Waals surface area contributed by atoms with Gasteiger partial charge in [0, 0.05) is 17.7 Å². The number of anilines is 1. The summed E-state index contributed by atoms with van der Waals surface area (Å²) < 4.78 is 264. The summed E-state index contributed by atoms with van der Waals surface area (Å²) in [5.74, 6) is -57.1. The number of amides is 1. The Balaban J connectivity index is 2.30. The van der Waals surface area contributed by atoms with Gasteiger partial charge in [-0.05, 0) is 91.7 Å². The van der Waals surface area contributed by atoms with Crippen molar-refractivity contribution in [3.63, 3.8) is 0 Å². The lowest BCUT2D eigenvalue weighted by molar-refractivity contribution is -0.461. The number of hydrogen-bond acceptors (Lipinski definition) is 7. The average Bonchev–Trinajstić information content (AvgIpc) is 3.24. The van der Waals surface area contributed by atoms with Crippen molar-refractivity contribution in [2.45, 2.75) is 139 Å². The maximum atomic E-state index is 15.0. The second-order valence-corrected chi connectivity index (χ2v) is 21.5. The molecular formula is C43H52F17NO7Si. The van der Waals surface area contributed by atoms with Crippen molar-refractivity contribution in [2.24, 2.45) is 5.92 Å². The normalized spacial score (nSPS) is 15.0. The molecule has 0 heterocycles. The first kappa shape index (κ1) is 60.6. The van der Waals surface area contributed by atoms with E-state index in [0.717, 1.165) is 0 Å². The first-order valence-corrected chi connectivity index (χ1v) is 23.2. The van der Waals surface area contributed by atoms with Gasteiger partial charge in [0.05, 0.1) is 20.3 Å². The number of hydrogen-bond donors (Lipinski definition) is 1. The number of benzene rings is 2. The largest absolute Gasteiger partial charge is 0.497 e. The Labute approximate surface area is 387 Å². The van der Waals surface area contributed by atoms with Gasteiger partial charge < -0.3 is 23.4 Å². The summed E-state index contributed by atoms with van der Waals surface area (Å²) in [7, 11) is -2.56. The third-order valence-electron chi connectivity index (χ3n) is 11.3. The summed E-state index contributed by atoms with van der Waals surface area (Å²) in [5, 5.41) is 2.61. The van der Waals surface area contributed by atoms with Crippen molar-refractivity contribution < 1.29 is 108 Å². The summed E-state index contributed by atoms with van der Waals surface area (Å²) in [4.78, 5) is 25.1. The average molecular weight is 1050 g/mol. The molecule has 1 amide bonds. The molecule has 0 unspecified atom stereocenters. The molecule has 0 fully saturated rings. The highest BCUT2D eigenvalue weighted by molar-refractivity contribution is 6.76. The molecule has 2 aromatic carbocycles. The van der Waals surface area contributed by atoms with E-state index in [9.17, 15) is 75.4 Å². The molecule has 0 radical (unpaired) electrons. The third-order valence-corrected chi connectivity index (χ3v) is 16.9. The fraction of sp³-hybridized carbons (Fsp3) is 0.628. The molecule has 0 bridgehead atoms. The van der Waals surface area contributed by atoms with Crippen LogP contribution in [0.25, 0.3) is 0 Å². The van der Waals surface area contributed by atoms with Crippen LogP contribution in [0.3, 0.4) is 0 Å². The molecule has 1 N–H and O–H groups in total. The van der Waals surface area contributed by atoms with Crippen LogP contribution in [0.2, 0.25) is 17.1 Å². The van der Waals surface area contributed by atoms with E-state index in [0.29, 0.717) is 35.4 Å². The summed E-state index contributed by atoms with van der Waals surface area (Å²) in [5.41, 5.74) is -0.573. The molecule has 26 heteroatoms. The number of ether oxygens (including phenoxy) is 4. The number of alkyl halides is 17.